The number of morpholine rings is 1. The number of aliphatic imine (C=N–C) groups is 1. The zero-order valence-electron chi connectivity index (χ0n) is 18.7. The van der Waals surface area contributed by atoms with Crippen LogP contribution in [-0.4, -0.2) is 88.4 Å². The molecule has 0 spiro atoms. The molecule has 30 heavy (non-hydrogen) atoms. The number of nitrogens with one attached hydrogen (secondary N) is 2. The molecule has 168 valence electrons. The number of hydrogen-bond donors (Lipinski definition) is 2. The highest BCUT2D eigenvalue weighted by Crippen LogP contribution is 2.27. The van der Waals surface area contributed by atoms with Gasteiger partial charge in [-0.15, -0.1) is 0 Å². The molecule has 1 aromatic carbocycles. The molecule has 2 aliphatic rings. The molecule has 2 saturated heterocycles. The van der Waals surface area contributed by atoms with Crippen LogP contribution in [0.3, 0.4) is 0 Å². The molecular formula is C23H39N5O2. The van der Waals surface area contributed by atoms with Crippen LogP contribution in [0.2, 0.25) is 0 Å². The first-order chi connectivity index (χ1) is 14.8. The molecule has 0 saturated carbocycles. The fourth-order valence-electron chi connectivity index (χ4n) is 4.19. The van der Waals surface area contributed by atoms with Gasteiger partial charge in [0.15, 0.2) is 5.96 Å². The molecule has 0 aromatic heterocycles. The Morgan fingerprint density at radius 3 is 2.70 bits per heavy atom. The van der Waals surface area contributed by atoms with Crippen molar-refractivity contribution >= 4 is 5.96 Å². The predicted molar refractivity (Wildman–Crippen MR) is 122 cm³/mol. The predicted octanol–water partition coefficient (Wildman–Crippen LogP) is 2.11. The van der Waals surface area contributed by atoms with E-state index in [1.54, 1.807) is 7.11 Å². The zero-order chi connectivity index (χ0) is 21.0. The van der Waals surface area contributed by atoms with Gasteiger partial charge in [-0.05, 0) is 63.5 Å². The molecule has 1 aromatic rings. The molecule has 3 rings (SSSR count). The number of guanidine groups is 1. The van der Waals surface area contributed by atoms with E-state index in [0.29, 0.717) is 0 Å². The Morgan fingerprint density at radius 2 is 1.97 bits per heavy atom. The summed E-state index contributed by atoms with van der Waals surface area (Å²) in [6.45, 7) is 11.9. The SMILES string of the molecule is CCNC(=NCC(c1cccc(OC)c1)N1CCCC1)NCCCN1CCOCC1. The van der Waals surface area contributed by atoms with Gasteiger partial charge in [0.25, 0.3) is 0 Å². The Labute approximate surface area is 181 Å². The van der Waals surface area contributed by atoms with Crippen LogP contribution in [0.5, 0.6) is 5.75 Å². The van der Waals surface area contributed by atoms with E-state index in [1.807, 2.05) is 6.07 Å². The second kappa shape index (κ2) is 12.8. The van der Waals surface area contributed by atoms with E-state index in [2.05, 4.69) is 45.6 Å². The number of likely N-dealkylation sites (tertiary alicyclic amines) is 1. The summed E-state index contributed by atoms with van der Waals surface area (Å²) in [5, 5.41) is 6.92. The molecule has 2 aliphatic heterocycles. The highest BCUT2D eigenvalue weighted by atomic mass is 16.5. The summed E-state index contributed by atoms with van der Waals surface area (Å²) in [6.07, 6.45) is 3.64. The minimum atomic E-state index is 0.284. The van der Waals surface area contributed by atoms with Crippen molar-refractivity contribution in [2.75, 3.05) is 72.7 Å². The van der Waals surface area contributed by atoms with Crippen molar-refractivity contribution in [3.05, 3.63) is 29.8 Å². The summed E-state index contributed by atoms with van der Waals surface area (Å²) >= 11 is 0. The quantitative estimate of drug-likeness (QED) is 0.345. The Hall–Kier alpha value is -1.83. The van der Waals surface area contributed by atoms with Gasteiger partial charge in [0.2, 0.25) is 0 Å². The lowest BCUT2D eigenvalue weighted by Gasteiger charge is -2.27. The van der Waals surface area contributed by atoms with E-state index < -0.39 is 0 Å². The topological polar surface area (TPSA) is 61.4 Å². The highest BCUT2D eigenvalue weighted by molar-refractivity contribution is 5.79. The molecule has 0 bridgehead atoms. The number of rotatable bonds is 10. The Kier molecular flexibility index (Phi) is 9.73. The first-order valence-corrected chi connectivity index (χ1v) is 11.5. The molecule has 1 unspecified atom stereocenters. The Morgan fingerprint density at radius 1 is 1.17 bits per heavy atom. The first kappa shape index (κ1) is 22.8. The zero-order valence-corrected chi connectivity index (χ0v) is 18.7. The maximum Gasteiger partial charge on any atom is 0.191 e. The van der Waals surface area contributed by atoms with Crippen molar-refractivity contribution in [2.45, 2.75) is 32.2 Å². The van der Waals surface area contributed by atoms with Gasteiger partial charge in [-0.25, -0.2) is 0 Å². The smallest absolute Gasteiger partial charge is 0.191 e. The maximum absolute atomic E-state index is 5.46. The number of methoxy groups -OCH3 is 1. The summed E-state index contributed by atoms with van der Waals surface area (Å²) in [5.74, 6) is 1.82. The average Bonchev–Trinajstić information content (AvgIpc) is 3.32. The lowest BCUT2D eigenvalue weighted by molar-refractivity contribution is 0.0376. The van der Waals surface area contributed by atoms with Gasteiger partial charge in [0.1, 0.15) is 5.75 Å². The molecule has 2 N–H and O–H groups in total. The molecule has 0 aliphatic carbocycles. The monoisotopic (exact) mass is 417 g/mol. The standard InChI is InChI=1S/C23H39N5O2/c1-3-24-23(25-10-7-11-27-14-16-30-17-15-27)26-19-22(28-12-4-5-13-28)20-8-6-9-21(18-20)29-2/h6,8-9,18,22H,3-5,7,10-17,19H2,1-2H3,(H2,24,25,26). The molecule has 0 radical (unpaired) electrons. The van der Waals surface area contributed by atoms with Crippen molar-refractivity contribution in [1.29, 1.82) is 0 Å². The molecule has 1 atom stereocenters. The number of nitrogens with zero attached hydrogens (tertiary/aromatic N) is 3. The van der Waals surface area contributed by atoms with Crippen LogP contribution in [0.4, 0.5) is 0 Å². The summed E-state index contributed by atoms with van der Waals surface area (Å²) in [5.41, 5.74) is 1.28. The lowest BCUT2D eigenvalue weighted by atomic mass is 10.1. The first-order valence-electron chi connectivity index (χ1n) is 11.5. The summed E-state index contributed by atoms with van der Waals surface area (Å²) < 4.78 is 10.9. The van der Waals surface area contributed by atoms with Crippen LogP contribution in [-0.2, 0) is 4.74 Å². The molecule has 2 fully saturated rings. The summed E-state index contributed by atoms with van der Waals surface area (Å²) in [6, 6.07) is 8.72. The van der Waals surface area contributed by atoms with Gasteiger partial charge in [0.05, 0.1) is 32.9 Å². The highest BCUT2D eigenvalue weighted by Gasteiger charge is 2.23. The summed E-state index contributed by atoms with van der Waals surface area (Å²) in [4.78, 5) is 9.98. The van der Waals surface area contributed by atoms with Gasteiger partial charge < -0.3 is 20.1 Å². The van der Waals surface area contributed by atoms with Gasteiger partial charge in [-0.2, -0.15) is 0 Å². The normalized spacial score (nSPS) is 19.6. The minimum absolute atomic E-state index is 0.284. The third-order valence-electron chi connectivity index (χ3n) is 5.87. The fourth-order valence-corrected chi connectivity index (χ4v) is 4.19. The fraction of sp³-hybridized carbons (Fsp3) is 0.696. The van der Waals surface area contributed by atoms with Crippen molar-refractivity contribution in [3.8, 4) is 5.75 Å². The van der Waals surface area contributed by atoms with Crippen LogP contribution >= 0.6 is 0 Å². The minimum Gasteiger partial charge on any atom is -0.497 e. The molecule has 7 heteroatoms. The van der Waals surface area contributed by atoms with Crippen molar-refractivity contribution < 1.29 is 9.47 Å². The van der Waals surface area contributed by atoms with E-state index in [4.69, 9.17) is 14.5 Å². The Balaban J connectivity index is 1.57. The third kappa shape index (κ3) is 7.15. The van der Waals surface area contributed by atoms with Crippen LogP contribution in [0, 0.1) is 0 Å². The second-order valence-electron chi connectivity index (χ2n) is 7.99. The third-order valence-corrected chi connectivity index (χ3v) is 5.87. The molecule has 2 heterocycles. The number of ether oxygens (including phenoxy) is 2. The summed E-state index contributed by atoms with van der Waals surface area (Å²) in [7, 11) is 1.73. The van der Waals surface area contributed by atoms with Crippen LogP contribution in [0.1, 0.15) is 37.8 Å². The van der Waals surface area contributed by atoms with E-state index in [1.165, 1.54) is 18.4 Å². The van der Waals surface area contributed by atoms with Gasteiger partial charge in [-0.1, -0.05) is 12.1 Å². The van der Waals surface area contributed by atoms with E-state index in [0.717, 1.165) is 83.7 Å². The van der Waals surface area contributed by atoms with Crippen LogP contribution in [0.25, 0.3) is 0 Å². The lowest BCUT2D eigenvalue weighted by Crippen LogP contribution is -2.41. The van der Waals surface area contributed by atoms with E-state index in [9.17, 15) is 0 Å². The van der Waals surface area contributed by atoms with Gasteiger partial charge in [0, 0.05) is 26.2 Å². The van der Waals surface area contributed by atoms with Crippen LogP contribution < -0.4 is 15.4 Å². The van der Waals surface area contributed by atoms with Gasteiger partial charge in [-0.3, -0.25) is 14.8 Å². The van der Waals surface area contributed by atoms with E-state index in [-0.39, 0.29) is 6.04 Å². The van der Waals surface area contributed by atoms with Crippen molar-refractivity contribution in [1.82, 2.24) is 20.4 Å². The number of benzene rings is 1. The maximum atomic E-state index is 5.46. The van der Waals surface area contributed by atoms with Crippen molar-refractivity contribution in [2.24, 2.45) is 4.99 Å². The Bertz CT molecular complexity index is 642. The van der Waals surface area contributed by atoms with E-state index >= 15 is 0 Å². The largest absolute Gasteiger partial charge is 0.497 e. The second-order valence-corrected chi connectivity index (χ2v) is 7.99. The average molecular weight is 418 g/mol. The molecule has 7 nitrogen and oxygen atoms in total. The molecule has 0 amide bonds. The van der Waals surface area contributed by atoms with Crippen LogP contribution in [0.15, 0.2) is 29.3 Å². The van der Waals surface area contributed by atoms with Gasteiger partial charge >= 0.3 is 0 Å². The van der Waals surface area contributed by atoms with Crippen molar-refractivity contribution in [3.63, 3.8) is 0 Å². The molecular weight excluding hydrogens is 378 g/mol. The number of hydrogen-bond acceptors (Lipinski definition) is 5.